The quantitative estimate of drug-likeness (QED) is 0.152. The van der Waals surface area contributed by atoms with E-state index in [4.69, 9.17) is 10.8 Å². The number of benzene rings is 2. The van der Waals surface area contributed by atoms with E-state index in [0.717, 1.165) is 0 Å². The van der Waals surface area contributed by atoms with Crippen molar-refractivity contribution in [1.82, 2.24) is 16.0 Å². The highest BCUT2D eigenvalue weighted by Crippen LogP contribution is 2.12. The lowest BCUT2D eigenvalue weighted by atomic mass is 10.0. The van der Waals surface area contributed by atoms with Crippen molar-refractivity contribution in [3.05, 3.63) is 65.7 Å². The molecule has 4 unspecified atom stereocenters. The summed E-state index contributed by atoms with van der Waals surface area (Å²) in [7, 11) is 0. The van der Waals surface area contributed by atoms with Crippen molar-refractivity contribution in [2.45, 2.75) is 37.0 Å². The summed E-state index contributed by atoms with van der Waals surface area (Å²) in [6.45, 7) is -1.51. The number of hydrogen-bond donors (Lipinski definition) is 8. The lowest BCUT2D eigenvalue weighted by Crippen LogP contribution is -2.59. The van der Waals surface area contributed by atoms with Crippen LogP contribution in [0, 0.1) is 0 Å². The molecule has 194 valence electrons. The zero-order valence-corrected chi connectivity index (χ0v) is 19.3. The maximum atomic E-state index is 13.1. The topological polar surface area (TPSA) is 211 Å². The van der Waals surface area contributed by atoms with Crippen molar-refractivity contribution in [3.8, 4) is 5.75 Å². The number of aliphatic hydroxyl groups excluding tert-OH is 2. The van der Waals surface area contributed by atoms with Gasteiger partial charge in [-0.25, -0.2) is 4.79 Å². The summed E-state index contributed by atoms with van der Waals surface area (Å²) in [5, 5.41) is 44.7. The first-order valence-electron chi connectivity index (χ1n) is 11.1. The number of aliphatic hydroxyl groups is 2. The van der Waals surface area contributed by atoms with Crippen LogP contribution in [-0.2, 0) is 32.0 Å². The van der Waals surface area contributed by atoms with Gasteiger partial charge in [-0.2, -0.15) is 0 Å². The van der Waals surface area contributed by atoms with Gasteiger partial charge in [-0.3, -0.25) is 14.4 Å². The van der Waals surface area contributed by atoms with Gasteiger partial charge in [0.05, 0.1) is 13.2 Å². The van der Waals surface area contributed by atoms with Crippen molar-refractivity contribution in [2.75, 3.05) is 13.2 Å². The second kappa shape index (κ2) is 13.8. The molecule has 12 nitrogen and oxygen atoms in total. The van der Waals surface area contributed by atoms with Crippen LogP contribution in [0.2, 0.25) is 0 Å². The lowest BCUT2D eigenvalue weighted by molar-refractivity contribution is -0.142. The van der Waals surface area contributed by atoms with Gasteiger partial charge in [0, 0.05) is 12.8 Å². The first kappa shape index (κ1) is 28.2. The fraction of sp³-hybridized carbons (Fsp3) is 0.333. The summed E-state index contributed by atoms with van der Waals surface area (Å²) >= 11 is 0. The van der Waals surface area contributed by atoms with Gasteiger partial charge in [0.2, 0.25) is 17.7 Å². The number of carboxylic acids is 1. The molecule has 36 heavy (non-hydrogen) atoms. The molecule has 0 aromatic heterocycles. The van der Waals surface area contributed by atoms with Crippen LogP contribution in [0.25, 0.3) is 0 Å². The van der Waals surface area contributed by atoms with Crippen LogP contribution in [-0.4, -0.2) is 81.5 Å². The Morgan fingerprint density at radius 3 is 1.75 bits per heavy atom. The first-order chi connectivity index (χ1) is 17.1. The molecule has 0 saturated carbocycles. The van der Waals surface area contributed by atoms with E-state index in [1.54, 1.807) is 30.3 Å². The van der Waals surface area contributed by atoms with E-state index < -0.39 is 61.1 Å². The number of carbonyl (C=O) groups is 4. The molecule has 0 spiro atoms. The molecule has 2 rings (SSSR count). The van der Waals surface area contributed by atoms with E-state index in [2.05, 4.69) is 16.0 Å². The minimum atomic E-state index is -1.48. The Labute approximate surface area is 207 Å². The standard InChI is InChI=1S/C24H30N4O8/c25-17(12-29)21(32)28-20(13-30)23(34)26-18(10-15-6-8-16(31)9-7-15)22(33)27-19(24(35)36)11-14-4-2-1-3-5-14/h1-9,17-20,29-31H,10-13,25H2,(H,26,34)(H,27,33)(H,28,32)(H,35,36). The Morgan fingerprint density at radius 2 is 1.19 bits per heavy atom. The first-order valence-corrected chi connectivity index (χ1v) is 11.1. The molecule has 4 atom stereocenters. The van der Waals surface area contributed by atoms with Crippen molar-refractivity contribution < 1.29 is 39.6 Å². The number of nitrogens with two attached hydrogens (primary N) is 1. The van der Waals surface area contributed by atoms with E-state index in [9.17, 15) is 34.5 Å². The highest BCUT2D eigenvalue weighted by Gasteiger charge is 2.30. The van der Waals surface area contributed by atoms with Gasteiger partial charge in [-0.15, -0.1) is 0 Å². The SMILES string of the molecule is NC(CO)C(=O)NC(CO)C(=O)NC(Cc1ccc(O)cc1)C(=O)NC(Cc1ccccc1)C(=O)O. The number of carboxylic acid groups (broad SMARTS) is 1. The number of phenolic OH excluding ortho intramolecular Hbond substituents is 1. The molecular weight excluding hydrogens is 472 g/mol. The summed E-state index contributed by atoms with van der Waals surface area (Å²) in [6, 6.07) is 9.07. The summed E-state index contributed by atoms with van der Waals surface area (Å²) < 4.78 is 0. The summed E-state index contributed by atoms with van der Waals surface area (Å²) in [5.74, 6) is -3.92. The predicted molar refractivity (Wildman–Crippen MR) is 128 cm³/mol. The third-order valence-electron chi connectivity index (χ3n) is 5.26. The average molecular weight is 503 g/mol. The second-order valence-electron chi connectivity index (χ2n) is 8.05. The minimum absolute atomic E-state index is 0.00381. The highest BCUT2D eigenvalue weighted by molar-refractivity contribution is 5.94. The molecule has 12 heteroatoms. The van der Waals surface area contributed by atoms with Gasteiger partial charge in [-0.05, 0) is 23.3 Å². The maximum absolute atomic E-state index is 13.1. The Morgan fingerprint density at radius 1 is 0.694 bits per heavy atom. The molecule has 3 amide bonds. The Bertz CT molecular complexity index is 1030. The number of nitrogens with one attached hydrogen (secondary N) is 3. The molecule has 0 aliphatic heterocycles. The zero-order valence-electron chi connectivity index (χ0n) is 19.3. The molecule has 0 radical (unpaired) electrons. The third-order valence-corrected chi connectivity index (χ3v) is 5.26. The molecule has 0 aliphatic rings. The normalized spacial score (nSPS) is 14.1. The number of carbonyl (C=O) groups excluding carboxylic acids is 3. The van der Waals surface area contributed by atoms with Gasteiger partial charge >= 0.3 is 5.97 Å². The van der Waals surface area contributed by atoms with Crippen molar-refractivity contribution in [3.63, 3.8) is 0 Å². The molecular formula is C24H30N4O8. The number of hydrogen-bond acceptors (Lipinski definition) is 8. The number of phenols is 1. The molecule has 9 N–H and O–H groups in total. The van der Waals surface area contributed by atoms with Crippen LogP contribution in [0.1, 0.15) is 11.1 Å². The van der Waals surface area contributed by atoms with Crippen LogP contribution in [0.15, 0.2) is 54.6 Å². The smallest absolute Gasteiger partial charge is 0.326 e. The van der Waals surface area contributed by atoms with Crippen LogP contribution in [0.5, 0.6) is 5.75 Å². The molecule has 0 fully saturated rings. The van der Waals surface area contributed by atoms with E-state index in [1.807, 2.05) is 0 Å². The fourth-order valence-electron chi connectivity index (χ4n) is 3.23. The highest BCUT2D eigenvalue weighted by atomic mass is 16.4. The van der Waals surface area contributed by atoms with E-state index in [0.29, 0.717) is 11.1 Å². The molecule has 2 aromatic carbocycles. The van der Waals surface area contributed by atoms with E-state index >= 15 is 0 Å². The molecule has 0 aliphatic carbocycles. The van der Waals surface area contributed by atoms with Crippen LogP contribution in [0.3, 0.4) is 0 Å². The van der Waals surface area contributed by atoms with Gasteiger partial charge in [0.1, 0.15) is 29.9 Å². The van der Waals surface area contributed by atoms with Crippen molar-refractivity contribution in [1.29, 1.82) is 0 Å². The number of rotatable bonds is 13. The molecule has 0 bridgehead atoms. The number of aromatic hydroxyl groups is 1. The van der Waals surface area contributed by atoms with Gasteiger partial charge in [-0.1, -0.05) is 42.5 Å². The molecule has 0 heterocycles. The monoisotopic (exact) mass is 502 g/mol. The largest absolute Gasteiger partial charge is 0.508 e. The Kier molecular flexibility index (Phi) is 10.8. The number of aliphatic carboxylic acids is 1. The van der Waals surface area contributed by atoms with Gasteiger partial charge in [0.15, 0.2) is 0 Å². The van der Waals surface area contributed by atoms with Crippen molar-refractivity contribution >= 4 is 23.7 Å². The van der Waals surface area contributed by atoms with Crippen LogP contribution in [0.4, 0.5) is 0 Å². The third kappa shape index (κ3) is 8.65. The van der Waals surface area contributed by atoms with E-state index in [-0.39, 0.29) is 18.6 Å². The minimum Gasteiger partial charge on any atom is -0.508 e. The molecule has 2 aromatic rings. The Hall–Kier alpha value is -4.00. The van der Waals surface area contributed by atoms with Gasteiger partial charge < -0.3 is 42.1 Å². The predicted octanol–water partition coefficient (Wildman–Crippen LogP) is -1.97. The van der Waals surface area contributed by atoms with Gasteiger partial charge in [0.25, 0.3) is 0 Å². The number of amides is 3. The molecule has 0 saturated heterocycles. The zero-order chi connectivity index (χ0) is 26.7. The summed E-state index contributed by atoms with van der Waals surface area (Å²) in [5.41, 5.74) is 6.63. The lowest BCUT2D eigenvalue weighted by Gasteiger charge is -2.24. The summed E-state index contributed by atoms with van der Waals surface area (Å²) in [4.78, 5) is 49.6. The second-order valence-corrected chi connectivity index (χ2v) is 8.05. The maximum Gasteiger partial charge on any atom is 0.326 e. The Balaban J connectivity index is 2.21. The van der Waals surface area contributed by atoms with Crippen molar-refractivity contribution in [2.24, 2.45) is 5.73 Å². The van der Waals surface area contributed by atoms with E-state index in [1.165, 1.54) is 24.3 Å². The fourth-order valence-corrected chi connectivity index (χ4v) is 3.23. The average Bonchev–Trinajstić information content (AvgIpc) is 2.87. The van der Waals surface area contributed by atoms with Crippen LogP contribution < -0.4 is 21.7 Å². The van der Waals surface area contributed by atoms with Crippen LogP contribution >= 0.6 is 0 Å². The summed E-state index contributed by atoms with van der Waals surface area (Å²) in [6.07, 6.45) is -0.0893.